The maximum atomic E-state index is 6.28. The maximum Gasteiger partial charge on any atom is 0.155 e. The van der Waals surface area contributed by atoms with Gasteiger partial charge in [0.25, 0.3) is 0 Å². The van der Waals surface area contributed by atoms with Crippen LogP contribution in [0.25, 0.3) is 11.1 Å². The number of hydrogen-bond donors (Lipinski definition) is 1. The van der Waals surface area contributed by atoms with Crippen molar-refractivity contribution >= 4 is 22.5 Å². The average molecular weight is 371 g/mol. The molecule has 3 heterocycles. The summed E-state index contributed by atoms with van der Waals surface area (Å²) in [5, 5.41) is 5.41. The van der Waals surface area contributed by atoms with Crippen LogP contribution in [-0.2, 0) is 0 Å². The Morgan fingerprint density at radius 1 is 0.821 bits per heavy atom. The third-order valence-corrected chi connectivity index (χ3v) is 5.50. The second-order valence-corrected chi connectivity index (χ2v) is 9.18. The van der Waals surface area contributed by atoms with E-state index in [4.69, 9.17) is 14.7 Å². The van der Waals surface area contributed by atoms with Crippen LogP contribution in [0.3, 0.4) is 0 Å². The smallest absolute Gasteiger partial charge is 0.155 e. The Hall–Kier alpha value is -2.88. The third-order valence-electron chi connectivity index (χ3n) is 5.50. The quantitative estimate of drug-likeness (QED) is 0.593. The Kier molecular flexibility index (Phi) is 3.29. The van der Waals surface area contributed by atoms with Gasteiger partial charge in [0.1, 0.15) is 11.0 Å². The second kappa shape index (κ2) is 5.34. The number of fused-ring (bicyclic) bond motifs is 4. The summed E-state index contributed by atoms with van der Waals surface area (Å²) in [7, 11) is 0. The van der Waals surface area contributed by atoms with E-state index in [0.717, 1.165) is 39.2 Å². The Morgan fingerprint density at radius 2 is 1.57 bits per heavy atom. The first-order valence-corrected chi connectivity index (χ1v) is 9.77. The van der Waals surface area contributed by atoms with E-state index in [0.29, 0.717) is 0 Å². The minimum absolute atomic E-state index is 0.0809. The molecule has 0 saturated heterocycles. The number of ether oxygens (including phenoxy) is 1. The van der Waals surface area contributed by atoms with Crippen molar-refractivity contribution in [1.29, 1.82) is 0 Å². The largest absolute Gasteiger partial charge is 0.453 e. The van der Waals surface area contributed by atoms with E-state index in [2.05, 4.69) is 77.2 Å². The minimum Gasteiger partial charge on any atom is -0.453 e. The number of hydrogen-bond acceptors (Lipinski definition) is 4. The van der Waals surface area contributed by atoms with Gasteiger partial charge >= 0.3 is 0 Å². The molecule has 4 heteroatoms. The molecule has 3 aliphatic heterocycles. The third kappa shape index (κ3) is 2.67. The molecule has 0 unspecified atom stereocenters. The Balaban J connectivity index is 1.70. The van der Waals surface area contributed by atoms with E-state index < -0.39 is 0 Å². The van der Waals surface area contributed by atoms with Gasteiger partial charge in [-0.05, 0) is 64.8 Å². The number of benzene rings is 2. The number of nitrogens with one attached hydrogen (secondary N) is 1. The van der Waals surface area contributed by atoms with Crippen molar-refractivity contribution in [1.82, 2.24) is 0 Å². The van der Waals surface area contributed by atoms with Crippen molar-refractivity contribution in [2.24, 2.45) is 9.98 Å². The summed E-state index contributed by atoms with van der Waals surface area (Å²) in [5.41, 5.74) is 6.48. The second-order valence-electron chi connectivity index (χ2n) is 9.18. The molecule has 28 heavy (non-hydrogen) atoms. The van der Waals surface area contributed by atoms with Crippen molar-refractivity contribution in [3.05, 3.63) is 58.3 Å². The summed E-state index contributed by atoms with van der Waals surface area (Å²) < 4.78 is 6.28. The van der Waals surface area contributed by atoms with Crippen LogP contribution in [0, 0.1) is 0 Å². The first-order valence-electron chi connectivity index (χ1n) is 9.77. The molecule has 2 aromatic carbocycles. The van der Waals surface area contributed by atoms with Gasteiger partial charge in [0, 0.05) is 28.9 Å². The molecule has 0 spiro atoms. The molecule has 0 radical (unpaired) electrons. The number of anilines is 1. The normalized spacial score (nSPS) is 19.8. The first kappa shape index (κ1) is 17.2. The Labute approximate surface area is 165 Å². The van der Waals surface area contributed by atoms with Crippen LogP contribution < -0.4 is 20.8 Å². The summed E-state index contributed by atoms with van der Waals surface area (Å²) in [5.74, 6) is 1.55. The van der Waals surface area contributed by atoms with Gasteiger partial charge in [-0.25, -0.2) is 4.99 Å². The van der Waals surface area contributed by atoms with Crippen molar-refractivity contribution in [2.45, 2.75) is 52.6 Å². The molecule has 4 nitrogen and oxygen atoms in total. The molecule has 0 saturated carbocycles. The lowest BCUT2D eigenvalue weighted by Gasteiger charge is -2.32. The van der Waals surface area contributed by atoms with E-state index >= 15 is 0 Å². The fourth-order valence-electron chi connectivity index (χ4n) is 4.50. The zero-order chi connectivity index (χ0) is 19.8. The highest BCUT2D eigenvalue weighted by Crippen LogP contribution is 2.43. The summed E-state index contributed by atoms with van der Waals surface area (Å²) in [6, 6.07) is 8.32. The Bertz CT molecular complexity index is 1230. The SMILES string of the molecule is CC1=CC(C)(C)Nc2cc3c(cc21)N=c1cc2c(cc1O3)=NC(C)(C)C=C2C. The highest BCUT2D eigenvalue weighted by molar-refractivity contribution is 5.84. The van der Waals surface area contributed by atoms with Crippen LogP contribution in [0.5, 0.6) is 11.5 Å². The first-order chi connectivity index (χ1) is 13.1. The lowest BCUT2D eigenvalue weighted by molar-refractivity contribution is 0.468. The van der Waals surface area contributed by atoms with Gasteiger partial charge in [-0.15, -0.1) is 0 Å². The summed E-state index contributed by atoms with van der Waals surface area (Å²) >= 11 is 0. The number of nitrogens with zero attached hydrogens (tertiary/aromatic N) is 2. The van der Waals surface area contributed by atoms with Crippen molar-refractivity contribution < 1.29 is 4.74 Å². The topological polar surface area (TPSA) is 46.0 Å². The number of allylic oxidation sites excluding steroid dienone is 2. The van der Waals surface area contributed by atoms with Gasteiger partial charge < -0.3 is 10.1 Å². The molecule has 5 rings (SSSR count). The molecule has 1 N–H and O–H groups in total. The molecule has 0 aromatic heterocycles. The zero-order valence-electron chi connectivity index (χ0n) is 17.3. The molecule has 3 aliphatic rings. The van der Waals surface area contributed by atoms with Gasteiger partial charge in [0.2, 0.25) is 0 Å². The van der Waals surface area contributed by atoms with Crippen LogP contribution in [0.15, 0.2) is 46.4 Å². The van der Waals surface area contributed by atoms with Crippen LogP contribution >= 0.6 is 0 Å². The fraction of sp³-hybridized carbons (Fsp3) is 0.333. The average Bonchev–Trinajstić information content (AvgIpc) is 2.55. The van der Waals surface area contributed by atoms with E-state index in [1.165, 1.54) is 16.7 Å². The summed E-state index contributed by atoms with van der Waals surface area (Å²) in [6.07, 6.45) is 4.46. The van der Waals surface area contributed by atoms with E-state index in [9.17, 15) is 0 Å². The molecule has 0 bridgehead atoms. The molecule has 142 valence electrons. The van der Waals surface area contributed by atoms with Crippen LogP contribution in [0.2, 0.25) is 0 Å². The zero-order valence-corrected chi connectivity index (χ0v) is 17.3. The predicted octanol–water partition coefficient (Wildman–Crippen LogP) is 5.17. The summed E-state index contributed by atoms with van der Waals surface area (Å²) in [4.78, 5) is 9.79. The van der Waals surface area contributed by atoms with E-state index in [1.54, 1.807) is 0 Å². The van der Waals surface area contributed by atoms with Crippen LogP contribution in [-0.4, -0.2) is 11.1 Å². The molecule has 0 aliphatic carbocycles. The Morgan fingerprint density at radius 3 is 2.36 bits per heavy atom. The molecular weight excluding hydrogens is 346 g/mol. The lowest BCUT2D eigenvalue weighted by atomic mass is 9.91. The van der Waals surface area contributed by atoms with Gasteiger partial charge in [0.15, 0.2) is 11.5 Å². The van der Waals surface area contributed by atoms with E-state index in [1.807, 2.05) is 6.07 Å². The predicted molar refractivity (Wildman–Crippen MR) is 114 cm³/mol. The molecule has 0 atom stereocenters. The molecular formula is C24H25N3O. The number of rotatable bonds is 0. The minimum atomic E-state index is -0.201. The molecule has 0 fully saturated rings. The van der Waals surface area contributed by atoms with Crippen molar-refractivity contribution in [2.75, 3.05) is 5.32 Å². The summed E-state index contributed by atoms with van der Waals surface area (Å²) in [6.45, 7) is 12.9. The maximum absolute atomic E-state index is 6.28. The fourth-order valence-corrected chi connectivity index (χ4v) is 4.50. The van der Waals surface area contributed by atoms with Gasteiger partial charge in [0.05, 0.1) is 16.4 Å². The molecule has 2 aromatic rings. The highest BCUT2D eigenvalue weighted by Gasteiger charge is 2.26. The van der Waals surface area contributed by atoms with Crippen LogP contribution in [0.1, 0.15) is 52.7 Å². The lowest BCUT2D eigenvalue weighted by Crippen LogP contribution is -2.31. The molecule has 0 amide bonds. The van der Waals surface area contributed by atoms with Gasteiger partial charge in [-0.2, -0.15) is 0 Å². The van der Waals surface area contributed by atoms with Crippen LogP contribution in [0.4, 0.5) is 11.4 Å². The van der Waals surface area contributed by atoms with Gasteiger partial charge in [-0.1, -0.05) is 12.2 Å². The van der Waals surface area contributed by atoms with Crippen molar-refractivity contribution in [3.63, 3.8) is 0 Å². The standard InChI is InChI=1S/C24H25N3O/c1-13-11-23(3,4)26-17-9-21-19(7-15(13)17)25-20-8-16-14(2)12-24(5,6)27-18(16)10-22(20)28-21/h7-12,26H,1-6H3. The highest BCUT2D eigenvalue weighted by atomic mass is 16.5. The monoisotopic (exact) mass is 371 g/mol. The van der Waals surface area contributed by atoms with Crippen molar-refractivity contribution in [3.8, 4) is 11.5 Å². The van der Waals surface area contributed by atoms with E-state index in [-0.39, 0.29) is 11.1 Å². The van der Waals surface area contributed by atoms with Gasteiger partial charge in [-0.3, -0.25) is 4.99 Å².